The van der Waals surface area contributed by atoms with Gasteiger partial charge in [0.1, 0.15) is 0 Å². The van der Waals surface area contributed by atoms with Gasteiger partial charge >= 0.3 is 0 Å². The zero-order valence-corrected chi connectivity index (χ0v) is 10.2. The van der Waals surface area contributed by atoms with Crippen LogP contribution in [0.25, 0.3) is 0 Å². The van der Waals surface area contributed by atoms with Gasteiger partial charge < -0.3 is 10.5 Å². The lowest BCUT2D eigenvalue weighted by Gasteiger charge is -2.18. The van der Waals surface area contributed by atoms with Crippen molar-refractivity contribution in [2.75, 3.05) is 13.2 Å². The van der Waals surface area contributed by atoms with E-state index in [1.165, 1.54) is 5.56 Å². The number of halogens is 1. The quantitative estimate of drug-likeness (QED) is 0.915. The molecule has 2 N–H and O–H groups in total. The summed E-state index contributed by atoms with van der Waals surface area (Å²) < 4.78 is 6.51. The van der Waals surface area contributed by atoms with Gasteiger partial charge in [0.25, 0.3) is 0 Å². The van der Waals surface area contributed by atoms with Gasteiger partial charge in [-0.1, -0.05) is 34.1 Å². The summed E-state index contributed by atoms with van der Waals surface area (Å²) in [5.74, 6) is 0.525. The van der Waals surface area contributed by atoms with Gasteiger partial charge in [-0.2, -0.15) is 0 Å². The largest absolute Gasteiger partial charge is 0.381 e. The Bertz CT molecular complexity index is 323. The van der Waals surface area contributed by atoms with Crippen LogP contribution in [0, 0.1) is 5.92 Å². The van der Waals surface area contributed by atoms with Gasteiger partial charge in [0.05, 0.1) is 6.61 Å². The number of nitrogens with two attached hydrogens (primary N) is 1. The van der Waals surface area contributed by atoms with Crippen molar-refractivity contribution in [1.82, 2.24) is 0 Å². The fourth-order valence-corrected chi connectivity index (χ4v) is 2.42. The number of benzene rings is 1. The van der Waals surface area contributed by atoms with E-state index >= 15 is 0 Å². The summed E-state index contributed by atoms with van der Waals surface area (Å²) in [5.41, 5.74) is 7.47. The average molecular weight is 270 g/mol. The molecule has 1 aliphatic rings. The number of ether oxygens (including phenoxy) is 1. The predicted molar refractivity (Wildman–Crippen MR) is 64.7 cm³/mol. The van der Waals surface area contributed by atoms with Crippen LogP contribution in [0.4, 0.5) is 0 Å². The van der Waals surface area contributed by atoms with E-state index in [-0.39, 0.29) is 6.04 Å². The van der Waals surface area contributed by atoms with Crippen LogP contribution in [-0.2, 0) is 11.2 Å². The molecule has 0 bridgehead atoms. The third kappa shape index (κ3) is 2.80. The van der Waals surface area contributed by atoms with E-state index < -0.39 is 0 Å². The molecule has 2 atom stereocenters. The Hall–Kier alpha value is -0.380. The fourth-order valence-electron chi connectivity index (χ4n) is 1.97. The average Bonchev–Trinajstić information content (AvgIpc) is 2.74. The third-order valence-electron chi connectivity index (χ3n) is 2.98. The molecule has 0 aliphatic carbocycles. The Balaban J connectivity index is 1.99. The van der Waals surface area contributed by atoms with E-state index in [2.05, 4.69) is 34.1 Å². The van der Waals surface area contributed by atoms with E-state index in [1.807, 2.05) is 6.07 Å². The van der Waals surface area contributed by atoms with Crippen LogP contribution >= 0.6 is 15.9 Å². The van der Waals surface area contributed by atoms with Crippen LogP contribution in [0.2, 0.25) is 0 Å². The van der Waals surface area contributed by atoms with Gasteiger partial charge in [-0.15, -0.1) is 0 Å². The second-order valence-electron chi connectivity index (χ2n) is 4.08. The topological polar surface area (TPSA) is 35.2 Å². The molecule has 0 aromatic heterocycles. The van der Waals surface area contributed by atoms with Crippen LogP contribution in [0.3, 0.4) is 0 Å². The Kier molecular flexibility index (Phi) is 3.78. The van der Waals surface area contributed by atoms with Crippen LogP contribution in [0.5, 0.6) is 0 Å². The van der Waals surface area contributed by atoms with Crippen molar-refractivity contribution in [3.05, 3.63) is 34.3 Å². The second kappa shape index (κ2) is 5.10. The van der Waals surface area contributed by atoms with E-state index in [0.717, 1.165) is 30.5 Å². The molecular weight excluding hydrogens is 254 g/mol. The normalized spacial score (nSPS) is 22.9. The first-order valence-corrected chi connectivity index (χ1v) is 6.13. The molecule has 1 aromatic carbocycles. The van der Waals surface area contributed by atoms with Gasteiger partial charge in [0, 0.05) is 17.1 Å². The van der Waals surface area contributed by atoms with Gasteiger partial charge in [-0.05, 0) is 30.4 Å². The maximum absolute atomic E-state index is 6.18. The van der Waals surface area contributed by atoms with Crippen molar-refractivity contribution in [1.29, 1.82) is 0 Å². The Morgan fingerprint density at radius 3 is 2.93 bits per heavy atom. The van der Waals surface area contributed by atoms with Crippen molar-refractivity contribution in [3.63, 3.8) is 0 Å². The van der Waals surface area contributed by atoms with Crippen LogP contribution in [0.1, 0.15) is 12.0 Å². The summed E-state index contributed by atoms with van der Waals surface area (Å²) in [7, 11) is 0. The molecule has 2 rings (SSSR count). The zero-order valence-electron chi connectivity index (χ0n) is 8.66. The fraction of sp³-hybridized carbons (Fsp3) is 0.500. The summed E-state index contributed by atoms with van der Waals surface area (Å²) >= 11 is 3.55. The molecule has 1 fully saturated rings. The third-order valence-corrected chi connectivity index (χ3v) is 3.76. The zero-order chi connectivity index (χ0) is 10.7. The van der Waals surface area contributed by atoms with E-state index in [9.17, 15) is 0 Å². The lowest BCUT2D eigenvalue weighted by atomic mass is 9.94. The van der Waals surface area contributed by atoms with Crippen molar-refractivity contribution < 1.29 is 4.74 Å². The molecule has 0 spiro atoms. The van der Waals surface area contributed by atoms with E-state index in [1.54, 1.807) is 0 Å². The molecule has 0 amide bonds. The summed E-state index contributed by atoms with van der Waals surface area (Å²) in [6.07, 6.45) is 2.03. The molecule has 2 nitrogen and oxygen atoms in total. The van der Waals surface area contributed by atoms with Crippen molar-refractivity contribution in [2.45, 2.75) is 18.9 Å². The predicted octanol–water partition coefficient (Wildman–Crippen LogP) is 2.36. The highest BCUT2D eigenvalue weighted by Crippen LogP contribution is 2.22. The molecule has 2 unspecified atom stereocenters. The first-order chi connectivity index (χ1) is 7.27. The number of hydrogen-bond acceptors (Lipinski definition) is 2. The van der Waals surface area contributed by atoms with Gasteiger partial charge in [0.2, 0.25) is 0 Å². The molecule has 1 aliphatic heterocycles. The number of rotatable bonds is 3. The Morgan fingerprint density at radius 2 is 2.27 bits per heavy atom. The van der Waals surface area contributed by atoms with Crippen molar-refractivity contribution in [3.8, 4) is 0 Å². The summed E-state index contributed by atoms with van der Waals surface area (Å²) in [6.45, 7) is 1.69. The van der Waals surface area contributed by atoms with E-state index in [0.29, 0.717) is 5.92 Å². The molecule has 3 heteroatoms. The molecule has 15 heavy (non-hydrogen) atoms. The minimum atomic E-state index is 0.214. The lowest BCUT2D eigenvalue weighted by Crippen LogP contribution is -2.32. The molecule has 1 saturated heterocycles. The second-order valence-corrected chi connectivity index (χ2v) is 4.94. The smallest absolute Gasteiger partial charge is 0.0510 e. The first kappa shape index (κ1) is 11.1. The van der Waals surface area contributed by atoms with Crippen LogP contribution < -0.4 is 5.73 Å². The summed E-state index contributed by atoms with van der Waals surface area (Å²) in [4.78, 5) is 0. The van der Waals surface area contributed by atoms with Crippen molar-refractivity contribution in [2.24, 2.45) is 11.7 Å². The monoisotopic (exact) mass is 269 g/mol. The summed E-state index contributed by atoms with van der Waals surface area (Å²) in [5, 5.41) is 0. The highest BCUT2D eigenvalue weighted by Gasteiger charge is 2.23. The highest BCUT2D eigenvalue weighted by atomic mass is 79.9. The van der Waals surface area contributed by atoms with Gasteiger partial charge in [-0.25, -0.2) is 0 Å². The SMILES string of the molecule is NC(Cc1ccccc1Br)C1CCOC1. The Morgan fingerprint density at radius 1 is 1.47 bits per heavy atom. The maximum atomic E-state index is 6.18. The summed E-state index contributed by atoms with van der Waals surface area (Å²) in [6, 6.07) is 8.48. The van der Waals surface area contributed by atoms with Crippen LogP contribution in [0.15, 0.2) is 28.7 Å². The minimum absolute atomic E-state index is 0.214. The minimum Gasteiger partial charge on any atom is -0.381 e. The molecule has 0 radical (unpaired) electrons. The first-order valence-electron chi connectivity index (χ1n) is 5.34. The molecular formula is C12H16BrNO. The maximum Gasteiger partial charge on any atom is 0.0510 e. The highest BCUT2D eigenvalue weighted by molar-refractivity contribution is 9.10. The van der Waals surface area contributed by atoms with Crippen LogP contribution in [-0.4, -0.2) is 19.3 Å². The lowest BCUT2D eigenvalue weighted by molar-refractivity contribution is 0.180. The van der Waals surface area contributed by atoms with E-state index in [4.69, 9.17) is 10.5 Å². The number of hydrogen-bond donors (Lipinski definition) is 1. The molecule has 1 heterocycles. The van der Waals surface area contributed by atoms with Gasteiger partial charge in [-0.3, -0.25) is 0 Å². The molecule has 0 saturated carbocycles. The molecule has 82 valence electrons. The standard InChI is InChI=1S/C12H16BrNO/c13-11-4-2-1-3-9(11)7-12(14)10-5-6-15-8-10/h1-4,10,12H,5-8,14H2. The molecule has 1 aromatic rings. The van der Waals surface area contributed by atoms with Crippen molar-refractivity contribution >= 4 is 15.9 Å². The van der Waals surface area contributed by atoms with Gasteiger partial charge in [0.15, 0.2) is 0 Å². The Labute approximate surface area is 98.9 Å².